The van der Waals surface area contributed by atoms with E-state index in [9.17, 15) is 4.79 Å². The fourth-order valence-electron chi connectivity index (χ4n) is 2.16. The average molecular weight is 425 g/mol. The van der Waals surface area contributed by atoms with E-state index < -0.39 is 0 Å². The number of benzene rings is 2. The van der Waals surface area contributed by atoms with Gasteiger partial charge >= 0.3 is 0 Å². The quantitative estimate of drug-likeness (QED) is 0.621. The number of nitrogens with one attached hydrogen (secondary N) is 1. The van der Waals surface area contributed by atoms with Gasteiger partial charge in [0.1, 0.15) is 0 Å². The van der Waals surface area contributed by atoms with E-state index in [1.807, 2.05) is 24.3 Å². The van der Waals surface area contributed by atoms with E-state index in [1.165, 1.54) is 0 Å². The number of aromatic nitrogens is 2. The van der Waals surface area contributed by atoms with E-state index in [0.29, 0.717) is 32.4 Å². The Balaban J connectivity index is 1.75. The summed E-state index contributed by atoms with van der Waals surface area (Å²) in [6.07, 6.45) is 1.80. The minimum absolute atomic E-state index is 0.307. The number of rotatable bonds is 4. The smallest absolute Gasteiger partial charge is 0.258 e. The van der Waals surface area contributed by atoms with Crippen molar-refractivity contribution in [1.29, 1.82) is 0 Å². The first-order valence-electron chi connectivity index (χ1n) is 7.06. The Morgan fingerprint density at radius 3 is 2.54 bits per heavy atom. The molecule has 4 nitrogen and oxygen atoms in total. The van der Waals surface area contributed by atoms with Crippen LogP contribution in [0.1, 0.15) is 15.9 Å². The van der Waals surface area contributed by atoms with Crippen molar-refractivity contribution in [2.75, 3.05) is 5.32 Å². The third-order valence-electron chi connectivity index (χ3n) is 3.33. The molecule has 0 fully saturated rings. The highest BCUT2D eigenvalue weighted by atomic mass is 79.9. The van der Waals surface area contributed by atoms with Crippen LogP contribution in [-0.4, -0.2) is 15.7 Å². The number of carbonyl (C=O) groups is 1. The van der Waals surface area contributed by atoms with Crippen LogP contribution >= 0.6 is 39.1 Å². The Morgan fingerprint density at radius 2 is 1.83 bits per heavy atom. The molecule has 122 valence electrons. The van der Waals surface area contributed by atoms with Gasteiger partial charge in [-0.25, -0.2) is 0 Å². The van der Waals surface area contributed by atoms with Gasteiger partial charge in [-0.15, -0.1) is 0 Å². The van der Waals surface area contributed by atoms with Crippen LogP contribution in [0.2, 0.25) is 10.0 Å². The molecule has 0 unspecified atom stereocenters. The number of amides is 1. The zero-order valence-corrected chi connectivity index (χ0v) is 15.4. The molecule has 1 heterocycles. The predicted molar refractivity (Wildman–Crippen MR) is 99.9 cm³/mol. The summed E-state index contributed by atoms with van der Waals surface area (Å²) in [5, 5.41) is 8.23. The molecule has 1 N–H and O–H groups in total. The normalized spacial score (nSPS) is 10.6. The molecule has 3 rings (SSSR count). The second-order valence-electron chi connectivity index (χ2n) is 5.08. The zero-order valence-electron chi connectivity index (χ0n) is 12.3. The summed E-state index contributed by atoms with van der Waals surface area (Å²) >= 11 is 15.3. The molecular formula is C17H12BrCl2N3O. The summed E-state index contributed by atoms with van der Waals surface area (Å²) in [4.78, 5) is 12.3. The second-order valence-corrected chi connectivity index (χ2v) is 6.78. The number of hydrogen-bond acceptors (Lipinski definition) is 2. The molecule has 0 radical (unpaired) electrons. The van der Waals surface area contributed by atoms with Gasteiger partial charge in [-0.1, -0.05) is 47.5 Å². The predicted octanol–water partition coefficient (Wildman–Crippen LogP) is 5.25. The van der Waals surface area contributed by atoms with Crippen LogP contribution in [0, 0.1) is 0 Å². The molecule has 0 spiro atoms. The topological polar surface area (TPSA) is 46.9 Å². The van der Waals surface area contributed by atoms with Gasteiger partial charge in [0.05, 0.1) is 21.6 Å². The molecule has 0 aliphatic heterocycles. The van der Waals surface area contributed by atoms with Gasteiger partial charge in [-0.2, -0.15) is 5.10 Å². The van der Waals surface area contributed by atoms with Gasteiger partial charge in [-0.3, -0.25) is 9.48 Å². The van der Waals surface area contributed by atoms with Gasteiger partial charge in [0.2, 0.25) is 0 Å². The lowest BCUT2D eigenvalue weighted by molar-refractivity contribution is 0.102. The van der Waals surface area contributed by atoms with Gasteiger partial charge in [0, 0.05) is 11.2 Å². The van der Waals surface area contributed by atoms with E-state index in [1.54, 1.807) is 35.1 Å². The molecule has 3 aromatic rings. The lowest BCUT2D eigenvalue weighted by Crippen LogP contribution is -2.13. The molecule has 0 atom stereocenters. The van der Waals surface area contributed by atoms with Crippen molar-refractivity contribution in [2.24, 2.45) is 0 Å². The molecule has 0 aliphatic rings. The minimum Gasteiger partial charge on any atom is -0.304 e. The second kappa shape index (κ2) is 7.38. The lowest BCUT2D eigenvalue weighted by atomic mass is 10.2. The molecule has 1 amide bonds. The monoisotopic (exact) mass is 423 g/mol. The highest BCUT2D eigenvalue weighted by Gasteiger charge is 2.14. The van der Waals surface area contributed by atoms with Crippen molar-refractivity contribution >= 4 is 50.9 Å². The summed E-state index contributed by atoms with van der Waals surface area (Å²) in [6.45, 7) is 0.567. The summed E-state index contributed by atoms with van der Waals surface area (Å²) in [6, 6.07) is 14.4. The van der Waals surface area contributed by atoms with E-state index in [4.69, 9.17) is 23.2 Å². The molecule has 2 aromatic carbocycles. The summed E-state index contributed by atoms with van der Waals surface area (Å²) in [5.41, 5.74) is 1.46. The highest BCUT2D eigenvalue weighted by Crippen LogP contribution is 2.23. The van der Waals surface area contributed by atoms with Crippen LogP contribution < -0.4 is 5.32 Å². The third-order valence-corrected chi connectivity index (χ3v) is 4.49. The Bertz CT molecular complexity index is 878. The maximum atomic E-state index is 12.3. The first-order chi connectivity index (χ1) is 11.5. The van der Waals surface area contributed by atoms with E-state index in [2.05, 4.69) is 26.3 Å². The Hall–Kier alpha value is -1.82. The van der Waals surface area contributed by atoms with Crippen molar-refractivity contribution in [3.8, 4) is 0 Å². The summed E-state index contributed by atoms with van der Waals surface area (Å²) in [7, 11) is 0. The largest absolute Gasteiger partial charge is 0.304 e. The van der Waals surface area contributed by atoms with Crippen LogP contribution in [0.5, 0.6) is 0 Å². The van der Waals surface area contributed by atoms with Crippen LogP contribution in [0.15, 0.2) is 59.2 Å². The molecule has 24 heavy (non-hydrogen) atoms. The molecule has 0 aliphatic carbocycles. The molecule has 1 aromatic heterocycles. The van der Waals surface area contributed by atoms with Gasteiger partial charge in [-0.05, 0) is 45.8 Å². The molecule has 0 saturated carbocycles. The summed E-state index contributed by atoms with van der Waals surface area (Å²) < 4.78 is 2.42. The first-order valence-corrected chi connectivity index (χ1v) is 8.61. The van der Waals surface area contributed by atoms with Gasteiger partial charge < -0.3 is 5.32 Å². The van der Waals surface area contributed by atoms with E-state index in [-0.39, 0.29) is 5.91 Å². The zero-order chi connectivity index (χ0) is 17.1. The molecular weight excluding hydrogens is 413 g/mol. The van der Waals surface area contributed by atoms with Crippen molar-refractivity contribution in [3.05, 3.63) is 80.4 Å². The number of anilines is 1. The first kappa shape index (κ1) is 17.0. The maximum Gasteiger partial charge on any atom is 0.258 e. The number of halogens is 3. The number of nitrogens with zero attached hydrogens (tertiary/aromatic N) is 2. The molecule has 7 heteroatoms. The minimum atomic E-state index is -0.307. The maximum absolute atomic E-state index is 12.3. The fourth-order valence-corrected chi connectivity index (χ4v) is 2.92. The van der Waals surface area contributed by atoms with Crippen LogP contribution in [-0.2, 0) is 6.54 Å². The van der Waals surface area contributed by atoms with E-state index in [0.717, 1.165) is 5.56 Å². The van der Waals surface area contributed by atoms with Gasteiger partial charge in [0.25, 0.3) is 5.91 Å². The average Bonchev–Trinajstić information content (AvgIpc) is 2.89. The Kier molecular flexibility index (Phi) is 5.23. The summed E-state index contributed by atoms with van der Waals surface area (Å²) in [5.74, 6) is 0.131. The van der Waals surface area contributed by atoms with Crippen molar-refractivity contribution < 1.29 is 4.79 Å². The lowest BCUT2D eigenvalue weighted by Gasteiger charge is -2.05. The Labute approximate surface area is 157 Å². The number of carbonyl (C=O) groups excluding carboxylic acids is 1. The standard InChI is InChI=1S/C17H12BrCl2N3O/c18-14-10-23(9-11-5-7-12(19)8-6-11)22-16(14)21-17(24)13-3-1-2-4-15(13)20/h1-8,10H,9H2,(H,21,22,24). The van der Waals surface area contributed by atoms with Crippen LogP contribution in [0.4, 0.5) is 5.82 Å². The molecule has 0 saturated heterocycles. The van der Waals surface area contributed by atoms with Gasteiger partial charge in [0.15, 0.2) is 5.82 Å². The van der Waals surface area contributed by atoms with Crippen molar-refractivity contribution in [1.82, 2.24) is 9.78 Å². The van der Waals surface area contributed by atoms with E-state index >= 15 is 0 Å². The third kappa shape index (κ3) is 3.98. The van der Waals surface area contributed by atoms with Crippen LogP contribution in [0.25, 0.3) is 0 Å². The van der Waals surface area contributed by atoms with Crippen LogP contribution in [0.3, 0.4) is 0 Å². The Morgan fingerprint density at radius 1 is 1.12 bits per heavy atom. The van der Waals surface area contributed by atoms with Crippen molar-refractivity contribution in [2.45, 2.75) is 6.54 Å². The van der Waals surface area contributed by atoms with Crippen molar-refractivity contribution in [3.63, 3.8) is 0 Å². The highest BCUT2D eigenvalue weighted by molar-refractivity contribution is 9.10. The fraction of sp³-hybridized carbons (Fsp3) is 0.0588. The molecule has 0 bridgehead atoms. The number of hydrogen-bond donors (Lipinski definition) is 1. The SMILES string of the molecule is O=C(Nc1nn(Cc2ccc(Cl)cc2)cc1Br)c1ccccc1Cl.